The normalized spacial score (nSPS) is 28.4. The number of anilines is 3. The van der Waals surface area contributed by atoms with E-state index < -0.39 is 10.8 Å². The van der Waals surface area contributed by atoms with Crippen molar-refractivity contribution in [3.05, 3.63) is 35.5 Å². The van der Waals surface area contributed by atoms with Gasteiger partial charge in [-0.05, 0) is 43.5 Å². The number of aromatic nitrogens is 2. The lowest BCUT2D eigenvalue weighted by atomic mass is 9.76. The molecule has 7 nitrogen and oxygen atoms in total. The second-order valence-corrected chi connectivity index (χ2v) is 11.6. The number of aliphatic hydroxyl groups is 1. The van der Waals surface area contributed by atoms with Crippen molar-refractivity contribution in [2.45, 2.75) is 29.7 Å². The molecule has 170 valence electrons. The van der Waals surface area contributed by atoms with Gasteiger partial charge in [-0.3, -0.25) is 4.21 Å². The maximum atomic E-state index is 12.7. The summed E-state index contributed by atoms with van der Waals surface area (Å²) in [6.07, 6.45) is 4.80. The summed E-state index contributed by atoms with van der Waals surface area (Å²) in [6, 6.07) is 8.10. The molecule has 3 aliphatic heterocycles. The van der Waals surface area contributed by atoms with E-state index in [4.69, 9.17) is 16.6 Å². The van der Waals surface area contributed by atoms with Crippen LogP contribution in [0.25, 0.3) is 0 Å². The van der Waals surface area contributed by atoms with Crippen molar-refractivity contribution in [3.8, 4) is 0 Å². The first kappa shape index (κ1) is 20.7. The van der Waals surface area contributed by atoms with Crippen LogP contribution in [0.15, 0.2) is 35.4 Å². The molecule has 0 spiro atoms. The van der Waals surface area contributed by atoms with E-state index >= 15 is 0 Å². The van der Waals surface area contributed by atoms with E-state index in [-0.39, 0.29) is 12.1 Å². The Morgan fingerprint density at radius 3 is 2.41 bits per heavy atom. The Morgan fingerprint density at radius 2 is 1.78 bits per heavy atom. The summed E-state index contributed by atoms with van der Waals surface area (Å²) < 4.78 is 12.7. The molecule has 1 saturated carbocycles. The molecule has 6 rings (SSSR count). The van der Waals surface area contributed by atoms with Crippen molar-refractivity contribution in [2.24, 2.45) is 11.8 Å². The van der Waals surface area contributed by atoms with Crippen LogP contribution in [0.4, 0.5) is 17.5 Å². The quantitative estimate of drug-likeness (QED) is 0.731. The van der Waals surface area contributed by atoms with Crippen molar-refractivity contribution in [1.29, 1.82) is 0 Å². The molecular weight excluding hydrogens is 446 g/mol. The summed E-state index contributed by atoms with van der Waals surface area (Å²) in [6.45, 7) is 4.71. The molecule has 0 radical (unpaired) electrons. The standard InChI is InChI=1S/C23H28ClN5O2S/c24-18-2-4-19(5-3-18)27-11-16-13-28(14-17(16)12-27)22-25-10-20-21(26-22)29(8-9-32(20)31)23(15-30)6-1-7-23/h2-5,10,16-17,30H,1,6-9,11-15H2/t16?,17?,32-/m1/s1. The van der Waals surface area contributed by atoms with Crippen molar-refractivity contribution < 1.29 is 9.32 Å². The Balaban J connectivity index is 1.22. The summed E-state index contributed by atoms with van der Waals surface area (Å²) in [5.74, 6) is 3.23. The molecule has 2 unspecified atom stereocenters. The lowest BCUT2D eigenvalue weighted by Crippen LogP contribution is -2.59. The van der Waals surface area contributed by atoms with Crippen molar-refractivity contribution in [3.63, 3.8) is 0 Å². The van der Waals surface area contributed by atoms with Gasteiger partial charge in [0.25, 0.3) is 0 Å². The van der Waals surface area contributed by atoms with E-state index in [1.807, 2.05) is 12.1 Å². The van der Waals surface area contributed by atoms with Gasteiger partial charge in [0.2, 0.25) is 5.95 Å². The molecule has 2 aromatic rings. The molecule has 0 bridgehead atoms. The number of hydrogen-bond donors (Lipinski definition) is 1. The van der Waals surface area contributed by atoms with Crippen molar-refractivity contribution >= 4 is 39.9 Å². The molecule has 1 aliphatic carbocycles. The summed E-state index contributed by atoms with van der Waals surface area (Å²) in [5.41, 5.74) is 0.985. The highest BCUT2D eigenvalue weighted by Gasteiger charge is 2.46. The zero-order chi connectivity index (χ0) is 21.9. The van der Waals surface area contributed by atoms with Crippen molar-refractivity contribution in [1.82, 2.24) is 9.97 Å². The molecule has 3 atom stereocenters. The molecule has 9 heteroatoms. The number of fused-ring (bicyclic) bond motifs is 2. The van der Waals surface area contributed by atoms with Gasteiger partial charge in [-0.1, -0.05) is 11.6 Å². The average Bonchev–Trinajstić information content (AvgIpc) is 3.35. The molecule has 1 aromatic carbocycles. The second-order valence-electron chi connectivity index (χ2n) is 9.60. The SMILES string of the molecule is O=[S@@]1CCN(C2(CO)CCC2)c2nc(N3CC4CN(c5ccc(Cl)cc5)CC4C3)ncc21. The molecule has 3 fully saturated rings. The number of nitrogens with zero attached hydrogens (tertiary/aromatic N) is 5. The van der Waals surface area contributed by atoms with Crippen LogP contribution in [-0.2, 0) is 10.8 Å². The lowest BCUT2D eigenvalue weighted by molar-refractivity contribution is 0.115. The Bertz CT molecular complexity index is 1030. The van der Waals surface area contributed by atoms with Crippen LogP contribution in [0.3, 0.4) is 0 Å². The minimum absolute atomic E-state index is 0.118. The van der Waals surface area contributed by atoms with E-state index in [0.29, 0.717) is 29.0 Å². The number of halogens is 1. The highest BCUT2D eigenvalue weighted by molar-refractivity contribution is 7.85. The van der Waals surface area contributed by atoms with Crippen LogP contribution in [-0.4, -0.2) is 69.9 Å². The largest absolute Gasteiger partial charge is 0.394 e. The highest BCUT2D eigenvalue weighted by Crippen LogP contribution is 2.43. The van der Waals surface area contributed by atoms with Gasteiger partial charge >= 0.3 is 0 Å². The van der Waals surface area contributed by atoms with E-state index in [1.165, 1.54) is 5.69 Å². The highest BCUT2D eigenvalue weighted by atomic mass is 35.5. The zero-order valence-corrected chi connectivity index (χ0v) is 19.6. The average molecular weight is 474 g/mol. The topological polar surface area (TPSA) is 72.8 Å². The van der Waals surface area contributed by atoms with Crippen LogP contribution in [0.1, 0.15) is 19.3 Å². The summed E-state index contributed by atoms with van der Waals surface area (Å²) in [7, 11) is -1.08. The minimum Gasteiger partial charge on any atom is -0.394 e. The third kappa shape index (κ3) is 3.30. The summed E-state index contributed by atoms with van der Waals surface area (Å²) in [5, 5.41) is 10.9. The molecule has 1 aromatic heterocycles. The van der Waals surface area contributed by atoms with Crippen molar-refractivity contribution in [2.75, 3.05) is 59.8 Å². The first-order chi connectivity index (χ1) is 15.6. The molecular formula is C23H28ClN5O2S. The molecule has 2 saturated heterocycles. The van der Waals surface area contributed by atoms with Gasteiger partial charge in [0, 0.05) is 61.0 Å². The van der Waals surface area contributed by atoms with Crippen LogP contribution < -0.4 is 14.7 Å². The van der Waals surface area contributed by atoms with E-state index in [9.17, 15) is 9.32 Å². The third-order valence-corrected chi connectivity index (χ3v) is 9.42. The Labute approximate surface area is 195 Å². The van der Waals surface area contributed by atoms with Crippen LogP contribution in [0.5, 0.6) is 0 Å². The molecule has 0 amide bonds. The third-order valence-electron chi connectivity index (χ3n) is 7.84. The van der Waals surface area contributed by atoms with Gasteiger partial charge in [0.05, 0.1) is 34.0 Å². The number of hydrogen-bond acceptors (Lipinski definition) is 7. The lowest BCUT2D eigenvalue weighted by Gasteiger charge is -2.51. The van der Waals surface area contributed by atoms with E-state index in [2.05, 4.69) is 31.8 Å². The Hall–Kier alpha value is -1.90. The number of benzene rings is 1. The molecule has 4 heterocycles. The first-order valence-electron chi connectivity index (χ1n) is 11.5. The summed E-state index contributed by atoms with van der Waals surface area (Å²) >= 11 is 6.05. The summed E-state index contributed by atoms with van der Waals surface area (Å²) in [4.78, 5) is 17.2. The Kier molecular flexibility index (Phi) is 5.08. The zero-order valence-electron chi connectivity index (χ0n) is 18.0. The molecule has 4 aliphatic rings. The van der Waals surface area contributed by atoms with E-state index in [1.54, 1.807) is 6.20 Å². The molecule has 32 heavy (non-hydrogen) atoms. The predicted octanol–water partition coefficient (Wildman–Crippen LogP) is 2.55. The maximum Gasteiger partial charge on any atom is 0.227 e. The van der Waals surface area contributed by atoms with E-state index in [0.717, 1.165) is 62.2 Å². The fraction of sp³-hybridized carbons (Fsp3) is 0.565. The van der Waals surface area contributed by atoms with Gasteiger partial charge in [0.1, 0.15) is 0 Å². The number of aliphatic hydroxyl groups excluding tert-OH is 1. The van der Waals surface area contributed by atoms with Crippen LogP contribution in [0, 0.1) is 11.8 Å². The van der Waals surface area contributed by atoms with Crippen LogP contribution in [0.2, 0.25) is 5.02 Å². The fourth-order valence-electron chi connectivity index (χ4n) is 5.83. The Morgan fingerprint density at radius 1 is 1.09 bits per heavy atom. The van der Waals surface area contributed by atoms with Gasteiger partial charge in [-0.25, -0.2) is 4.98 Å². The predicted molar refractivity (Wildman–Crippen MR) is 127 cm³/mol. The first-order valence-corrected chi connectivity index (χ1v) is 13.2. The maximum absolute atomic E-state index is 12.7. The van der Waals surface area contributed by atoms with Crippen LogP contribution >= 0.6 is 11.6 Å². The monoisotopic (exact) mass is 473 g/mol. The van der Waals surface area contributed by atoms with Gasteiger partial charge in [-0.15, -0.1) is 0 Å². The minimum atomic E-state index is -1.08. The smallest absolute Gasteiger partial charge is 0.227 e. The molecule has 1 N–H and O–H groups in total. The fourth-order valence-corrected chi connectivity index (χ4v) is 7.05. The van der Waals surface area contributed by atoms with Gasteiger partial charge in [-0.2, -0.15) is 4.98 Å². The van der Waals surface area contributed by atoms with Gasteiger partial charge < -0.3 is 19.8 Å². The number of rotatable bonds is 4. The van der Waals surface area contributed by atoms with Gasteiger partial charge in [0.15, 0.2) is 5.82 Å². The second kappa shape index (κ2) is 7.85.